The van der Waals surface area contributed by atoms with Crippen LogP contribution >= 0.6 is 45.8 Å². The molecule has 3 rings (SSSR count). The Bertz CT molecular complexity index is 880. The lowest BCUT2D eigenvalue weighted by atomic mass is 10.2. The molecule has 21 heavy (non-hydrogen) atoms. The third-order valence-electron chi connectivity index (χ3n) is 3.15. The highest BCUT2D eigenvalue weighted by Crippen LogP contribution is 2.30. The summed E-state index contributed by atoms with van der Waals surface area (Å²) >= 11 is 14.6. The SMILES string of the molecule is N#Cc1cccc2c1nc(CCl)n2-c1ccc(I)cc1Cl. The number of alkyl halides is 1. The summed E-state index contributed by atoms with van der Waals surface area (Å²) in [6.45, 7) is 0. The van der Waals surface area contributed by atoms with Crippen molar-refractivity contribution in [2.75, 3.05) is 0 Å². The topological polar surface area (TPSA) is 41.6 Å². The molecule has 1 heterocycles. The highest BCUT2D eigenvalue weighted by Gasteiger charge is 2.16. The summed E-state index contributed by atoms with van der Waals surface area (Å²) in [5, 5.41) is 9.83. The van der Waals surface area contributed by atoms with Gasteiger partial charge in [0.25, 0.3) is 0 Å². The molecule has 0 fully saturated rings. The lowest BCUT2D eigenvalue weighted by Crippen LogP contribution is -2.00. The minimum Gasteiger partial charge on any atom is -0.294 e. The molecule has 0 aliphatic carbocycles. The standard InChI is InChI=1S/C15H8Cl2IN3/c16-7-14-20-15-9(8-19)2-1-3-13(15)21(14)12-5-4-10(18)6-11(12)17/h1-6H,7H2. The second-order valence-electron chi connectivity index (χ2n) is 4.38. The van der Waals surface area contributed by atoms with Gasteiger partial charge in [-0.15, -0.1) is 11.6 Å². The fraction of sp³-hybridized carbons (Fsp3) is 0.0667. The summed E-state index contributed by atoms with van der Waals surface area (Å²) in [6, 6.07) is 13.4. The number of hydrogen-bond donors (Lipinski definition) is 0. The average Bonchev–Trinajstić information content (AvgIpc) is 2.85. The van der Waals surface area contributed by atoms with Crippen LogP contribution < -0.4 is 0 Å². The van der Waals surface area contributed by atoms with Gasteiger partial charge in [0.05, 0.1) is 27.7 Å². The Labute approximate surface area is 145 Å². The Morgan fingerprint density at radius 3 is 2.76 bits per heavy atom. The van der Waals surface area contributed by atoms with Crippen molar-refractivity contribution in [1.29, 1.82) is 5.26 Å². The number of halogens is 3. The predicted octanol–water partition coefficient (Wildman–Crippen LogP) is 4.89. The molecule has 0 aliphatic heterocycles. The van der Waals surface area contributed by atoms with E-state index in [1.54, 1.807) is 6.07 Å². The summed E-state index contributed by atoms with van der Waals surface area (Å²) in [4.78, 5) is 4.49. The molecular weight excluding hydrogens is 420 g/mol. The predicted molar refractivity (Wildman–Crippen MR) is 93.1 cm³/mol. The minimum absolute atomic E-state index is 0.238. The van der Waals surface area contributed by atoms with E-state index in [0.717, 1.165) is 14.8 Å². The van der Waals surface area contributed by atoms with Gasteiger partial charge < -0.3 is 0 Å². The Morgan fingerprint density at radius 1 is 1.29 bits per heavy atom. The van der Waals surface area contributed by atoms with Gasteiger partial charge in [0.15, 0.2) is 0 Å². The van der Waals surface area contributed by atoms with Crippen LogP contribution in [0.25, 0.3) is 16.7 Å². The fourth-order valence-corrected chi connectivity index (χ4v) is 3.38. The van der Waals surface area contributed by atoms with E-state index in [0.29, 0.717) is 21.9 Å². The first-order chi connectivity index (χ1) is 10.2. The van der Waals surface area contributed by atoms with Gasteiger partial charge >= 0.3 is 0 Å². The Hall–Kier alpha value is -1.29. The van der Waals surface area contributed by atoms with Crippen molar-refractivity contribution < 1.29 is 0 Å². The molecule has 1 aromatic heterocycles. The van der Waals surface area contributed by atoms with Crippen LogP contribution in [0.15, 0.2) is 36.4 Å². The zero-order valence-corrected chi connectivity index (χ0v) is 14.3. The van der Waals surface area contributed by atoms with Crippen LogP contribution in [0, 0.1) is 14.9 Å². The molecule has 0 amide bonds. The molecule has 0 radical (unpaired) electrons. The average molecular weight is 428 g/mol. The maximum absolute atomic E-state index is 9.21. The van der Waals surface area contributed by atoms with Gasteiger partial charge in [-0.3, -0.25) is 4.57 Å². The first-order valence-electron chi connectivity index (χ1n) is 6.07. The third kappa shape index (κ3) is 2.50. The zero-order valence-electron chi connectivity index (χ0n) is 10.6. The molecule has 0 atom stereocenters. The van der Waals surface area contributed by atoms with Crippen LogP contribution in [-0.2, 0) is 5.88 Å². The molecule has 3 nitrogen and oxygen atoms in total. The maximum atomic E-state index is 9.21. The van der Waals surface area contributed by atoms with Crippen molar-refractivity contribution in [3.63, 3.8) is 0 Å². The number of nitrogens with zero attached hydrogens (tertiary/aromatic N) is 3. The van der Waals surface area contributed by atoms with Crippen LogP contribution in [0.5, 0.6) is 0 Å². The quantitative estimate of drug-likeness (QED) is 0.431. The van der Waals surface area contributed by atoms with Crippen LogP contribution in [0.3, 0.4) is 0 Å². The lowest BCUT2D eigenvalue weighted by molar-refractivity contribution is 0.981. The van der Waals surface area contributed by atoms with Gasteiger partial charge in [0.2, 0.25) is 0 Å². The molecule has 0 spiro atoms. The molecule has 0 N–H and O–H groups in total. The number of nitriles is 1. The van der Waals surface area contributed by atoms with Crippen molar-refractivity contribution in [3.8, 4) is 11.8 Å². The van der Waals surface area contributed by atoms with Crippen LogP contribution in [-0.4, -0.2) is 9.55 Å². The van der Waals surface area contributed by atoms with Crippen molar-refractivity contribution in [1.82, 2.24) is 9.55 Å². The first kappa shape index (κ1) is 14.6. The van der Waals surface area contributed by atoms with Gasteiger partial charge in [0.1, 0.15) is 17.4 Å². The molecule has 0 bridgehead atoms. The normalized spacial score (nSPS) is 10.8. The minimum atomic E-state index is 0.238. The van der Waals surface area contributed by atoms with E-state index in [-0.39, 0.29) is 5.88 Å². The van der Waals surface area contributed by atoms with Crippen molar-refractivity contribution in [2.24, 2.45) is 0 Å². The molecule has 2 aromatic carbocycles. The summed E-state index contributed by atoms with van der Waals surface area (Å²) < 4.78 is 2.96. The van der Waals surface area contributed by atoms with Gasteiger partial charge in [-0.1, -0.05) is 17.7 Å². The Kier molecular flexibility index (Phi) is 4.07. The smallest absolute Gasteiger partial charge is 0.129 e. The van der Waals surface area contributed by atoms with Gasteiger partial charge in [-0.05, 0) is 52.9 Å². The molecule has 0 saturated carbocycles. The second-order valence-corrected chi connectivity index (χ2v) is 6.30. The monoisotopic (exact) mass is 427 g/mol. The molecular formula is C15H8Cl2IN3. The van der Waals surface area contributed by atoms with Crippen molar-refractivity contribution in [3.05, 3.63) is 56.4 Å². The number of benzene rings is 2. The highest BCUT2D eigenvalue weighted by molar-refractivity contribution is 14.1. The zero-order chi connectivity index (χ0) is 15.0. The molecule has 6 heteroatoms. The van der Waals surface area contributed by atoms with E-state index in [1.807, 2.05) is 34.9 Å². The summed E-state index contributed by atoms with van der Waals surface area (Å²) in [7, 11) is 0. The number of imidazole rings is 1. The maximum Gasteiger partial charge on any atom is 0.129 e. The summed E-state index contributed by atoms with van der Waals surface area (Å²) in [5.41, 5.74) is 2.81. The molecule has 0 saturated heterocycles. The van der Waals surface area contributed by atoms with Crippen LogP contribution in [0.4, 0.5) is 0 Å². The Morgan fingerprint density at radius 2 is 2.10 bits per heavy atom. The van der Waals surface area contributed by atoms with Crippen LogP contribution in [0.1, 0.15) is 11.4 Å². The summed E-state index contributed by atoms with van der Waals surface area (Å²) in [6.07, 6.45) is 0. The van der Waals surface area contributed by atoms with Crippen LogP contribution in [0.2, 0.25) is 5.02 Å². The van der Waals surface area contributed by atoms with E-state index in [1.165, 1.54) is 0 Å². The number of para-hydroxylation sites is 1. The van der Waals surface area contributed by atoms with E-state index in [4.69, 9.17) is 23.2 Å². The number of hydrogen-bond acceptors (Lipinski definition) is 2. The van der Waals surface area contributed by atoms with E-state index in [9.17, 15) is 5.26 Å². The molecule has 104 valence electrons. The largest absolute Gasteiger partial charge is 0.294 e. The Balaban J connectivity index is 2.39. The number of aromatic nitrogens is 2. The lowest BCUT2D eigenvalue weighted by Gasteiger charge is -2.10. The fourth-order valence-electron chi connectivity index (χ4n) is 2.26. The van der Waals surface area contributed by atoms with E-state index < -0.39 is 0 Å². The van der Waals surface area contributed by atoms with Gasteiger partial charge in [-0.25, -0.2) is 4.98 Å². The van der Waals surface area contributed by atoms with Gasteiger partial charge in [0, 0.05) is 3.57 Å². The molecule has 0 unspecified atom stereocenters. The van der Waals surface area contributed by atoms with E-state index in [2.05, 4.69) is 33.6 Å². The molecule has 3 aromatic rings. The first-order valence-corrected chi connectivity index (χ1v) is 8.06. The van der Waals surface area contributed by atoms with Crippen molar-refractivity contribution >= 4 is 56.8 Å². The summed E-state index contributed by atoms with van der Waals surface area (Å²) in [5.74, 6) is 0.902. The highest BCUT2D eigenvalue weighted by atomic mass is 127. The van der Waals surface area contributed by atoms with E-state index >= 15 is 0 Å². The number of rotatable bonds is 2. The second kappa shape index (κ2) is 5.84. The third-order valence-corrected chi connectivity index (χ3v) is 4.36. The van der Waals surface area contributed by atoms with Gasteiger partial charge in [-0.2, -0.15) is 5.26 Å². The van der Waals surface area contributed by atoms with Crippen molar-refractivity contribution in [2.45, 2.75) is 5.88 Å². The molecule has 0 aliphatic rings. The number of fused-ring (bicyclic) bond motifs is 1.